The SMILES string of the molecule is CCCC(C(=O)NCC(=O)N1CCN(c2ccc(Cl)cc2)CC1)c1ccccc1. The molecule has 3 rings (SSSR count). The van der Waals surface area contributed by atoms with Crippen LogP contribution in [0.5, 0.6) is 0 Å². The van der Waals surface area contributed by atoms with Gasteiger partial charge in [-0.25, -0.2) is 0 Å². The summed E-state index contributed by atoms with van der Waals surface area (Å²) in [5.74, 6) is -0.320. The van der Waals surface area contributed by atoms with Crippen molar-refractivity contribution >= 4 is 29.1 Å². The van der Waals surface area contributed by atoms with Crippen molar-refractivity contribution in [2.45, 2.75) is 25.7 Å². The minimum absolute atomic E-state index is 0.0302. The van der Waals surface area contributed by atoms with Gasteiger partial charge in [0.1, 0.15) is 0 Å². The van der Waals surface area contributed by atoms with Gasteiger partial charge in [-0.15, -0.1) is 0 Å². The summed E-state index contributed by atoms with van der Waals surface area (Å²) in [7, 11) is 0. The van der Waals surface area contributed by atoms with E-state index in [-0.39, 0.29) is 24.3 Å². The van der Waals surface area contributed by atoms with Crippen LogP contribution in [0.15, 0.2) is 54.6 Å². The van der Waals surface area contributed by atoms with E-state index in [2.05, 4.69) is 17.1 Å². The predicted octanol–water partition coefficient (Wildman–Crippen LogP) is 3.69. The molecule has 1 saturated heterocycles. The third-order valence-corrected chi connectivity index (χ3v) is 5.59. The Labute approximate surface area is 177 Å². The van der Waals surface area contributed by atoms with Gasteiger partial charge in [0, 0.05) is 36.9 Å². The molecule has 2 aromatic rings. The minimum atomic E-state index is -0.212. The van der Waals surface area contributed by atoms with Gasteiger partial charge in [0.05, 0.1) is 12.5 Å². The van der Waals surface area contributed by atoms with Crippen molar-refractivity contribution < 1.29 is 9.59 Å². The Bertz CT molecular complexity index is 803. The van der Waals surface area contributed by atoms with Crippen molar-refractivity contribution in [3.8, 4) is 0 Å². The maximum atomic E-state index is 12.7. The fourth-order valence-corrected chi connectivity index (χ4v) is 3.81. The summed E-state index contributed by atoms with van der Waals surface area (Å²) in [5.41, 5.74) is 2.11. The molecule has 1 atom stereocenters. The van der Waals surface area contributed by atoms with E-state index in [1.165, 1.54) is 0 Å². The number of hydrogen-bond donors (Lipinski definition) is 1. The molecule has 0 aromatic heterocycles. The van der Waals surface area contributed by atoms with E-state index in [1.807, 2.05) is 59.5 Å². The van der Waals surface area contributed by atoms with E-state index in [0.29, 0.717) is 13.1 Å². The molecule has 0 bridgehead atoms. The maximum Gasteiger partial charge on any atom is 0.242 e. The molecular weight excluding hydrogens is 386 g/mol. The van der Waals surface area contributed by atoms with Crippen LogP contribution in [-0.4, -0.2) is 49.4 Å². The van der Waals surface area contributed by atoms with Crippen LogP contribution in [-0.2, 0) is 9.59 Å². The third-order valence-electron chi connectivity index (χ3n) is 5.33. The number of carbonyl (C=O) groups excluding carboxylic acids is 2. The lowest BCUT2D eigenvalue weighted by Gasteiger charge is -2.36. The van der Waals surface area contributed by atoms with Crippen LogP contribution >= 0.6 is 11.6 Å². The van der Waals surface area contributed by atoms with Crippen LogP contribution in [0.1, 0.15) is 31.2 Å². The molecule has 6 heteroatoms. The molecule has 1 aliphatic heterocycles. The average molecular weight is 414 g/mol. The molecule has 0 radical (unpaired) electrons. The molecule has 1 N–H and O–H groups in total. The monoisotopic (exact) mass is 413 g/mol. The Morgan fingerprint density at radius 2 is 1.66 bits per heavy atom. The third kappa shape index (κ3) is 5.73. The van der Waals surface area contributed by atoms with Crippen molar-refractivity contribution in [2.75, 3.05) is 37.6 Å². The Balaban J connectivity index is 1.49. The largest absolute Gasteiger partial charge is 0.368 e. The molecule has 2 amide bonds. The average Bonchev–Trinajstić information content (AvgIpc) is 2.77. The second-order valence-electron chi connectivity index (χ2n) is 7.31. The molecule has 1 fully saturated rings. The van der Waals surface area contributed by atoms with Gasteiger partial charge in [0.2, 0.25) is 11.8 Å². The van der Waals surface area contributed by atoms with E-state index in [9.17, 15) is 9.59 Å². The molecule has 0 aliphatic carbocycles. The van der Waals surface area contributed by atoms with E-state index >= 15 is 0 Å². The number of benzene rings is 2. The molecular formula is C23H28ClN3O2. The maximum absolute atomic E-state index is 12.7. The van der Waals surface area contributed by atoms with Crippen molar-refractivity contribution in [1.29, 1.82) is 0 Å². The van der Waals surface area contributed by atoms with Gasteiger partial charge in [0.25, 0.3) is 0 Å². The number of amides is 2. The second kappa shape index (κ2) is 10.3. The summed E-state index contributed by atoms with van der Waals surface area (Å²) in [6, 6.07) is 17.5. The summed E-state index contributed by atoms with van der Waals surface area (Å²) in [4.78, 5) is 29.3. The van der Waals surface area contributed by atoms with Crippen LogP contribution in [0.4, 0.5) is 5.69 Å². The number of hydrogen-bond acceptors (Lipinski definition) is 3. The summed E-state index contributed by atoms with van der Waals surface area (Å²) in [6.45, 7) is 4.94. The molecule has 2 aromatic carbocycles. The minimum Gasteiger partial charge on any atom is -0.368 e. The highest BCUT2D eigenvalue weighted by atomic mass is 35.5. The van der Waals surface area contributed by atoms with Gasteiger partial charge >= 0.3 is 0 Å². The lowest BCUT2D eigenvalue weighted by Crippen LogP contribution is -2.51. The number of nitrogens with one attached hydrogen (secondary N) is 1. The Morgan fingerprint density at radius 1 is 1.00 bits per heavy atom. The molecule has 154 valence electrons. The van der Waals surface area contributed by atoms with E-state index in [0.717, 1.165) is 42.2 Å². The highest BCUT2D eigenvalue weighted by Gasteiger charge is 2.24. The summed E-state index contributed by atoms with van der Waals surface area (Å²) in [6.07, 6.45) is 1.68. The Morgan fingerprint density at radius 3 is 2.28 bits per heavy atom. The van der Waals surface area contributed by atoms with Crippen LogP contribution in [0, 0.1) is 0 Å². The quantitative estimate of drug-likeness (QED) is 0.753. The lowest BCUT2D eigenvalue weighted by atomic mass is 9.93. The van der Waals surface area contributed by atoms with Gasteiger partial charge in [-0.1, -0.05) is 55.3 Å². The highest BCUT2D eigenvalue weighted by Crippen LogP contribution is 2.22. The number of anilines is 1. The van der Waals surface area contributed by atoms with Crippen LogP contribution < -0.4 is 10.2 Å². The molecule has 1 unspecified atom stereocenters. The van der Waals surface area contributed by atoms with Crippen LogP contribution in [0.25, 0.3) is 0 Å². The van der Waals surface area contributed by atoms with E-state index in [4.69, 9.17) is 11.6 Å². The zero-order chi connectivity index (χ0) is 20.6. The van der Waals surface area contributed by atoms with E-state index in [1.54, 1.807) is 0 Å². The fraction of sp³-hybridized carbons (Fsp3) is 0.391. The predicted molar refractivity (Wildman–Crippen MR) is 117 cm³/mol. The standard InChI is InChI=1S/C23H28ClN3O2/c1-2-6-21(18-7-4-3-5-8-18)23(29)25-17-22(28)27-15-13-26(14-16-27)20-11-9-19(24)10-12-20/h3-5,7-12,21H,2,6,13-17H2,1H3,(H,25,29). The number of piperazine rings is 1. The van der Waals surface area contributed by atoms with Crippen molar-refractivity contribution in [1.82, 2.24) is 10.2 Å². The van der Waals surface area contributed by atoms with Crippen molar-refractivity contribution in [3.05, 3.63) is 65.2 Å². The number of rotatable bonds is 7. The van der Waals surface area contributed by atoms with Crippen molar-refractivity contribution in [2.24, 2.45) is 0 Å². The highest BCUT2D eigenvalue weighted by molar-refractivity contribution is 6.30. The van der Waals surface area contributed by atoms with Crippen LogP contribution in [0.3, 0.4) is 0 Å². The summed E-state index contributed by atoms with van der Waals surface area (Å²) >= 11 is 5.95. The molecule has 29 heavy (non-hydrogen) atoms. The Kier molecular flexibility index (Phi) is 7.53. The first-order chi connectivity index (χ1) is 14.1. The van der Waals surface area contributed by atoms with Gasteiger partial charge in [-0.05, 0) is 36.2 Å². The zero-order valence-electron chi connectivity index (χ0n) is 16.8. The van der Waals surface area contributed by atoms with Gasteiger partial charge in [-0.3, -0.25) is 9.59 Å². The summed E-state index contributed by atoms with van der Waals surface area (Å²) < 4.78 is 0. The molecule has 1 heterocycles. The number of nitrogens with zero attached hydrogens (tertiary/aromatic N) is 2. The molecule has 5 nitrogen and oxygen atoms in total. The summed E-state index contributed by atoms with van der Waals surface area (Å²) in [5, 5.41) is 3.57. The molecule has 0 saturated carbocycles. The van der Waals surface area contributed by atoms with Gasteiger partial charge in [0.15, 0.2) is 0 Å². The number of carbonyl (C=O) groups is 2. The Hall–Kier alpha value is -2.53. The lowest BCUT2D eigenvalue weighted by molar-refractivity contribution is -0.133. The molecule has 1 aliphatic rings. The van der Waals surface area contributed by atoms with Gasteiger partial charge < -0.3 is 15.1 Å². The molecule has 0 spiro atoms. The topological polar surface area (TPSA) is 52.7 Å². The fourth-order valence-electron chi connectivity index (χ4n) is 3.69. The van der Waals surface area contributed by atoms with E-state index < -0.39 is 0 Å². The second-order valence-corrected chi connectivity index (χ2v) is 7.75. The van der Waals surface area contributed by atoms with Gasteiger partial charge in [-0.2, -0.15) is 0 Å². The first-order valence-corrected chi connectivity index (χ1v) is 10.6. The first kappa shape index (κ1) is 21.2. The van der Waals surface area contributed by atoms with Crippen molar-refractivity contribution in [3.63, 3.8) is 0 Å². The smallest absolute Gasteiger partial charge is 0.242 e. The zero-order valence-corrected chi connectivity index (χ0v) is 17.6. The number of halogens is 1. The van der Waals surface area contributed by atoms with Crippen LogP contribution in [0.2, 0.25) is 5.02 Å². The normalized spacial score (nSPS) is 15.1. The first-order valence-electron chi connectivity index (χ1n) is 10.2.